The van der Waals surface area contributed by atoms with Crippen LogP contribution in [0, 0.1) is 0 Å². The molecule has 0 aromatic heterocycles. The second-order valence-corrected chi connectivity index (χ2v) is 5.49. The number of fused-ring (bicyclic) bond motifs is 5. The van der Waals surface area contributed by atoms with E-state index in [0.717, 1.165) is 16.5 Å². The predicted molar refractivity (Wildman–Crippen MR) is 83.5 cm³/mol. The minimum absolute atomic E-state index is 0.0557. The molecule has 1 unspecified atom stereocenters. The van der Waals surface area contributed by atoms with Crippen LogP contribution >= 0.6 is 0 Å². The van der Waals surface area contributed by atoms with Gasteiger partial charge in [0.1, 0.15) is 0 Å². The molecule has 0 saturated carbocycles. The van der Waals surface area contributed by atoms with Gasteiger partial charge in [0.05, 0.1) is 6.42 Å². The smallest absolute Gasteiger partial charge is 0.304 e. The number of hydrogen-bond donors (Lipinski definition) is 1. The Hall–Kier alpha value is -2.61. The molecule has 0 spiro atoms. The van der Waals surface area contributed by atoms with Crippen LogP contribution in [0.25, 0.3) is 21.9 Å². The highest BCUT2D eigenvalue weighted by Crippen LogP contribution is 2.48. The summed E-state index contributed by atoms with van der Waals surface area (Å²) in [4.78, 5) is 11.3. The number of aliphatic carboxylic acids is 1. The Kier molecular flexibility index (Phi) is 2.58. The second-order valence-electron chi connectivity index (χ2n) is 5.49. The zero-order chi connectivity index (χ0) is 14.4. The van der Waals surface area contributed by atoms with Crippen LogP contribution in [0.15, 0.2) is 60.7 Å². The first-order chi connectivity index (χ1) is 10.3. The summed E-state index contributed by atoms with van der Waals surface area (Å²) in [7, 11) is 0. The molecule has 2 heteroatoms. The lowest BCUT2D eigenvalue weighted by atomic mass is 9.90. The van der Waals surface area contributed by atoms with Crippen LogP contribution in [0.4, 0.5) is 0 Å². The Morgan fingerprint density at radius 1 is 0.905 bits per heavy atom. The average molecular weight is 274 g/mol. The summed E-state index contributed by atoms with van der Waals surface area (Å²) in [6.45, 7) is 0. The summed E-state index contributed by atoms with van der Waals surface area (Å²) >= 11 is 0. The van der Waals surface area contributed by atoms with Gasteiger partial charge in [0.15, 0.2) is 0 Å². The van der Waals surface area contributed by atoms with Crippen molar-refractivity contribution in [3.8, 4) is 11.1 Å². The average Bonchev–Trinajstić information content (AvgIpc) is 2.82. The van der Waals surface area contributed by atoms with Crippen LogP contribution in [-0.4, -0.2) is 11.1 Å². The topological polar surface area (TPSA) is 37.3 Å². The standard InChI is InChI=1S/C19H14O2/c20-18(21)11-17-15-8-4-3-7-14(15)16-10-9-12-5-1-2-6-13(12)19(16)17/h1-10,17H,11H2,(H,20,21). The molecule has 0 bridgehead atoms. The van der Waals surface area contributed by atoms with Gasteiger partial charge in [0, 0.05) is 5.92 Å². The quantitative estimate of drug-likeness (QED) is 0.750. The van der Waals surface area contributed by atoms with Crippen molar-refractivity contribution in [2.24, 2.45) is 0 Å². The molecule has 0 radical (unpaired) electrons. The van der Waals surface area contributed by atoms with Crippen molar-refractivity contribution in [3.05, 3.63) is 71.8 Å². The number of carboxylic acids is 1. The summed E-state index contributed by atoms with van der Waals surface area (Å²) in [6, 6.07) is 20.6. The number of benzene rings is 3. The molecule has 102 valence electrons. The maximum atomic E-state index is 11.3. The molecule has 0 fully saturated rings. The summed E-state index contributed by atoms with van der Waals surface area (Å²) in [6.07, 6.45) is 0.137. The molecule has 2 nitrogen and oxygen atoms in total. The number of hydrogen-bond acceptors (Lipinski definition) is 1. The van der Waals surface area contributed by atoms with E-state index in [0.29, 0.717) is 0 Å². The Morgan fingerprint density at radius 3 is 2.52 bits per heavy atom. The van der Waals surface area contributed by atoms with Crippen LogP contribution < -0.4 is 0 Å². The van der Waals surface area contributed by atoms with E-state index < -0.39 is 5.97 Å². The number of carboxylic acid groups (broad SMARTS) is 1. The van der Waals surface area contributed by atoms with Crippen LogP contribution in [0.3, 0.4) is 0 Å². The molecule has 0 aliphatic heterocycles. The minimum Gasteiger partial charge on any atom is -0.481 e. The Morgan fingerprint density at radius 2 is 1.67 bits per heavy atom. The first kappa shape index (κ1) is 12.2. The fourth-order valence-electron chi connectivity index (χ4n) is 3.49. The lowest BCUT2D eigenvalue weighted by Gasteiger charge is -2.13. The highest BCUT2D eigenvalue weighted by atomic mass is 16.4. The van der Waals surface area contributed by atoms with E-state index in [1.165, 1.54) is 16.5 Å². The van der Waals surface area contributed by atoms with Crippen LogP contribution in [0.1, 0.15) is 23.5 Å². The fraction of sp³-hybridized carbons (Fsp3) is 0.105. The largest absolute Gasteiger partial charge is 0.481 e. The van der Waals surface area contributed by atoms with Gasteiger partial charge < -0.3 is 5.11 Å². The van der Waals surface area contributed by atoms with Gasteiger partial charge in [-0.25, -0.2) is 0 Å². The monoisotopic (exact) mass is 274 g/mol. The van der Waals surface area contributed by atoms with E-state index >= 15 is 0 Å². The fourth-order valence-corrected chi connectivity index (χ4v) is 3.49. The highest BCUT2D eigenvalue weighted by Gasteiger charge is 2.31. The highest BCUT2D eigenvalue weighted by molar-refractivity contribution is 5.97. The van der Waals surface area contributed by atoms with Gasteiger partial charge in [-0.1, -0.05) is 60.7 Å². The van der Waals surface area contributed by atoms with Crippen LogP contribution in [0.2, 0.25) is 0 Å². The van der Waals surface area contributed by atoms with Gasteiger partial charge in [0.25, 0.3) is 0 Å². The van der Waals surface area contributed by atoms with Crippen molar-refractivity contribution in [1.29, 1.82) is 0 Å². The number of carbonyl (C=O) groups is 1. The molecule has 3 aromatic rings. The van der Waals surface area contributed by atoms with Gasteiger partial charge in [-0.2, -0.15) is 0 Å². The molecule has 1 aliphatic carbocycles. The lowest BCUT2D eigenvalue weighted by Crippen LogP contribution is -2.05. The third-order valence-electron chi connectivity index (χ3n) is 4.32. The molecule has 0 amide bonds. The van der Waals surface area contributed by atoms with Crippen molar-refractivity contribution in [3.63, 3.8) is 0 Å². The van der Waals surface area contributed by atoms with E-state index in [1.807, 2.05) is 24.3 Å². The van der Waals surface area contributed by atoms with Gasteiger partial charge >= 0.3 is 5.97 Å². The van der Waals surface area contributed by atoms with E-state index in [1.54, 1.807) is 0 Å². The first-order valence-electron chi connectivity index (χ1n) is 7.08. The summed E-state index contributed by atoms with van der Waals surface area (Å²) in [5.74, 6) is -0.810. The maximum absolute atomic E-state index is 11.3. The third kappa shape index (κ3) is 1.76. The molecular weight excluding hydrogens is 260 g/mol. The molecular formula is C19H14O2. The number of rotatable bonds is 2. The van der Waals surface area contributed by atoms with Crippen LogP contribution in [-0.2, 0) is 4.79 Å². The summed E-state index contributed by atoms with van der Waals surface area (Å²) < 4.78 is 0. The molecule has 1 aliphatic rings. The molecule has 1 N–H and O–H groups in total. The normalized spacial score (nSPS) is 15.7. The van der Waals surface area contributed by atoms with Gasteiger partial charge in [-0.05, 0) is 33.0 Å². The Labute approximate surface area is 122 Å². The van der Waals surface area contributed by atoms with Crippen molar-refractivity contribution in [2.75, 3.05) is 0 Å². The van der Waals surface area contributed by atoms with Crippen molar-refractivity contribution < 1.29 is 9.90 Å². The lowest BCUT2D eigenvalue weighted by molar-refractivity contribution is -0.137. The second kappa shape index (κ2) is 4.45. The van der Waals surface area contributed by atoms with E-state index in [4.69, 9.17) is 0 Å². The van der Waals surface area contributed by atoms with Gasteiger partial charge in [-0.15, -0.1) is 0 Å². The molecule has 0 saturated heterocycles. The molecule has 4 rings (SSSR count). The maximum Gasteiger partial charge on any atom is 0.304 e. The van der Waals surface area contributed by atoms with E-state index in [9.17, 15) is 9.90 Å². The zero-order valence-electron chi connectivity index (χ0n) is 11.4. The molecule has 0 heterocycles. The first-order valence-corrected chi connectivity index (χ1v) is 7.08. The van der Waals surface area contributed by atoms with Crippen LogP contribution in [0.5, 0.6) is 0 Å². The minimum atomic E-state index is -0.754. The van der Waals surface area contributed by atoms with Crippen molar-refractivity contribution >= 4 is 16.7 Å². The van der Waals surface area contributed by atoms with Gasteiger partial charge in [-0.3, -0.25) is 4.79 Å². The predicted octanol–water partition coefficient (Wildman–Crippen LogP) is 4.43. The molecule has 3 aromatic carbocycles. The SMILES string of the molecule is O=C(O)CC1c2ccccc2-c2ccc3ccccc3c21. The molecule has 1 atom stereocenters. The van der Waals surface area contributed by atoms with Crippen molar-refractivity contribution in [1.82, 2.24) is 0 Å². The third-order valence-corrected chi connectivity index (χ3v) is 4.32. The summed E-state index contributed by atoms with van der Waals surface area (Å²) in [5.41, 5.74) is 4.64. The molecule has 21 heavy (non-hydrogen) atoms. The van der Waals surface area contributed by atoms with E-state index in [2.05, 4.69) is 36.4 Å². The Balaban J connectivity index is 2.06. The Bertz CT molecular complexity index is 864. The zero-order valence-corrected chi connectivity index (χ0v) is 11.4. The summed E-state index contributed by atoms with van der Waals surface area (Å²) in [5, 5.41) is 11.6. The van der Waals surface area contributed by atoms with Gasteiger partial charge in [0.2, 0.25) is 0 Å². The van der Waals surface area contributed by atoms with Crippen molar-refractivity contribution in [2.45, 2.75) is 12.3 Å². The van der Waals surface area contributed by atoms with E-state index in [-0.39, 0.29) is 12.3 Å².